The van der Waals surface area contributed by atoms with Gasteiger partial charge in [0.05, 0.1) is 47.8 Å². The summed E-state index contributed by atoms with van der Waals surface area (Å²) in [7, 11) is 0. The average Bonchev–Trinajstić information content (AvgIpc) is 3.20. The maximum Gasteiger partial charge on any atom is 3.00 e. The average molecular weight is 1020 g/mol. The second-order valence-corrected chi connectivity index (χ2v) is 9.13. The van der Waals surface area contributed by atoms with Gasteiger partial charge in [-0.3, -0.25) is 0 Å². The van der Waals surface area contributed by atoms with E-state index in [1.807, 2.05) is 49.1 Å². The van der Waals surface area contributed by atoms with E-state index in [1.165, 1.54) is 11.1 Å². The number of nitrogens with one attached hydrogen (secondary N) is 2. The van der Waals surface area contributed by atoms with Crippen LogP contribution in [0.15, 0.2) is 97.6 Å². The van der Waals surface area contributed by atoms with E-state index < -0.39 is 47.8 Å². The van der Waals surface area contributed by atoms with Crippen molar-refractivity contribution < 1.29 is 160 Å². The fourth-order valence-corrected chi connectivity index (χ4v) is 2.47. The van der Waals surface area contributed by atoms with Crippen LogP contribution in [0.5, 0.6) is 11.5 Å². The van der Waals surface area contributed by atoms with Crippen molar-refractivity contribution in [2.75, 3.05) is 26.2 Å². The molecule has 0 saturated heterocycles. The fraction of sp³-hybridized carbons (Fsp3) is 0.118. The monoisotopic (exact) mass is 1020 g/mol. The fourth-order valence-electron chi connectivity index (χ4n) is 2.47. The number of carboxylic acids is 8. The second kappa shape index (κ2) is 54.8. The molecular weight excluding hydrogens is 978 g/mol. The molecule has 22 N–H and O–H groups in total. The number of carbonyl (C=O) groups is 8. The van der Waals surface area contributed by atoms with Crippen LogP contribution in [0.4, 0.5) is 0 Å². The molecule has 368 valence electrons. The molecule has 0 saturated carbocycles. The van der Waals surface area contributed by atoms with Crippen molar-refractivity contribution in [3.63, 3.8) is 0 Å². The van der Waals surface area contributed by atoms with Crippen LogP contribution >= 0.6 is 0 Å². The third-order valence-electron chi connectivity index (χ3n) is 4.84. The summed E-state index contributed by atoms with van der Waals surface area (Å²) in [5.41, 5.74) is 24.1. The smallest absolute Gasteiger partial charge is 0.543 e. The SMILES string of the molecule is NCCN.NCCN.O.O.O.O.O.O=C([O-])C(=O)[O-].O=C([O-])C(=O)[O-].O=C([O-])C(=O)[O-].O=C([O-])C(=O)[O-].Oc1ccc(-c2ccc(O)cc2)cc1.[Co+3].[Co+3].c1cc(-c2cc[nH+]cc2)cc[nH+]1. The molecule has 2 heterocycles. The van der Waals surface area contributed by atoms with Crippen LogP contribution in [0.25, 0.3) is 22.3 Å². The molecule has 2 aromatic carbocycles. The summed E-state index contributed by atoms with van der Waals surface area (Å²) >= 11 is 0. The number of hydrogen-bond donors (Lipinski definition) is 6. The van der Waals surface area contributed by atoms with Gasteiger partial charge in [0.2, 0.25) is 0 Å². The van der Waals surface area contributed by atoms with Crippen molar-refractivity contribution in [3.8, 4) is 33.8 Å². The Hall–Kier alpha value is -7.25. The van der Waals surface area contributed by atoms with E-state index in [4.69, 9.17) is 112 Å². The summed E-state index contributed by atoms with van der Waals surface area (Å²) in [5.74, 6) is -17.0. The number of pyridine rings is 2. The number of phenols is 2. The van der Waals surface area contributed by atoms with Gasteiger partial charge < -0.3 is 140 Å². The molecule has 0 aliphatic carbocycles. The molecule has 0 radical (unpaired) electrons. The molecule has 0 bridgehead atoms. The summed E-state index contributed by atoms with van der Waals surface area (Å²) in [6, 6.07) is 22.1. The van der Waals surface area contributed by atoms with Crippen molar-refractivity contribution in [3.05, 3.63) is 97.6 Å². The first kappa shape index (κ1) is 85.1. The van der Waals surface area contributed by atoms with E-state index in [0.29, 0.717) is 26.2 Å². The molecule has 4 rings (SSSR count). The van der Waals surface area contributed by atoms with Crippen LogP contribution in [0.1, 0.15) is 0 Å². The third-order valence-corrected chi connectivity index (χ3v) is 4.84. The Morgan fingerprint density at radius 1 is 0.338 bits per heavy atom. The summed E-state index contributed by atoms with van der Waals surface area (Å²) in [4.78, 5) is 77.4. The zero-order valence-corrected chi connectivity index (χ0v) is 35.1. The van der Waals surface area contributed by atoms with Gasteiger partial charge in [0.1, 0.15) is 11.5 Å². The summed E-state index contributed by atoms with van der Waals surface area (Å²) in [6.45, 7) is 2.39. The predicted octanol–water partition coefficient (Wildman–Crippen LogP) is -16.6. The van der Waals surface area contributed by atoms with Gasteiger partial charge in [-0.15, -0.1) is 0 Å². The largest absolute Gasteiger partial charge is 3.00 e. The van der Waals surface area contributed by atoms with Crippen LogP contribution in [0.3, 0.4) is 0 Å². The molecule has 31 heteroatoms. The molecule has 0 fully saturated rings. The number of carbonyl (C=O) groups excluding carboxylic acids is 8. The molecule has 0 unspecified atom stereocenters. The number of aromatic nitrogens is 2. The van der Waals surface area contributed by atoms with Gasteiger partial charge in [-0.25, -0.2) is 9.97 Å². The number of carboxylic acid groups (broad SMARTS) is 8. The zero-order chi connectivity index (χ0) is 45.6. The van der Waals surface area contributed by atoms with Crippen molar-refractivity contribution in [1.82, 2.24) is 0 Å². The van der Waals surface area contributed by atoms with Crippen molar-refractivity contribution in [2.24, 2.45) is 22.9 Å². The number of nitrogens with two attached hydrogens (primary N) is 4. The molecule has 4 aromatic rings. The maximum atomic E-state index is 9.11. The van der Waals surface area contributed by atoms with Gasteiger partial charge in [-0.05, 0) is 46.5 Å². The molecule has 0 aliphatic rings. The van der Waals surface area contributed by atoms with Crippen LogP contribution in [0.2, 0.25) is 0 Å². The number of aromatic hydroxyl groups is 2. The van der Waals surface area contributed by atoms with Crippen LogP contribution in [0, 0.1) is 0 Å². The maximum absolute atomic E-state index is 9.11. The van der Waals surface area contributed by atoms with Gasteiger partial charge in [0.25, 0.3) is 0 Å². The van der Waals surface area contributed by atoms with E-state index in [0.717, 1.165) is 11.1 Å². The van der Waals surface area contributed by atoms with Gasteiger partial charge in [-0.1, -0.05) is 24.3 Å². The number of rotatable bonds is 4. The predicted molar refractivity (Wildman–Crippen MR) is 195 cm³/mol. The van der Waals surface area contributed by atoms with E-state index in [1.54, 1.807) is 24.3 Å². The van der Waals surface area contributed by atoms with Crippen LogP contribution in [-0.4, -0.2) is 112 Å². The molecule has 0 atom stereocenters. The Labute approximate surface area is 387 Å². The van der Waals surface area contributed by atoms with Gasteiger partial charge in [0.15, 0.2) is 24.8 Å². The summed E-state index contributed by atoms with van der Waals surface area (Å²) in [6.07, 6.45) is 7.69. The first-order valence-electron chi connectivity index (χ1n) is 15.1. The molecular formula is C34H46Co2N6O23. The van der Waals surface area contributed by atoms with Gasteiger partial charge in [0, 0.05) is 50.4 Å². The van der Waals surface area contributed by atoms with E-state index in [9.17, 15) is 0 Å². The minimum atomic E-state index is -2.19. The Morgan fingerprint density at radius 2 is 0.477 bits per heavy atom. The number of hydrogen-bond acceptors (Lipinski definition) is 22. The Kier molecular flexibility index (Phi) is 71.7. The Morgan fingerprint density at radius 3 is 0.600 bits per heavy atom. The van der Waals surface area contributed by atoms with Gasteiger partial charge >= 0.3 is 33.6 Å². The molecule has 0 amide bonds. The minimum Gasteiger partial charge on any atom is -0.543 e. The molecule has 29 nitrogen and oxygen atoms in total. The summed E-state index contributed by atoms with van der Waals surface area (Å²) < 4.78 is 0. The number of H-pyrrole nitrogens is 2. The van der Waals surface area contributed by atoms with E-state index >= 15 is 0 Å². The van der Waals surface area contributed by atoms with Gasteiger partial charge in [-0.2, -0.15) is 0 Å². The molecule has 2 aromatic heterocycles. The topological polar surface area (TPSA) is 651 Å². The van der Waals surface area contributed by atoms with Crippen molar-refractivity contribution in [2.45, 2.75) is 0 Å². The quantitative estimate of drug-likeness (QED) is 0.103. The number of benzene rings is 2. The summed E-state index contributed by atoms with van der Waals surface area (Å²) in [5, 5.41) is 89.6. The Balaban J connectivity index is -0.0000000586. The van der Waals surface area contributed by atoms with E-state index in [2.05, 4.69) is 34.2 Å². The van der Waals surface area contributed by atoms with Crippen LogP contribution in [-0.2, 0) is 71.9 Å². The standard InChI is InChI=1S/C12H10O2.C10H8N2.2C2H8N2.4C2H2O4.2Co.5H2O/c13-11-5-1-9(2-6-11)10-3-7-12(14)8-4-10;1-5-11-6-2-9(1)10-3-7-12-8-4-10;2*3-1-2-4;4*3-1(4)2(5)6;;;;;;;/h1-8,13-14H;1-8H;2*1-4H2;4*(H,3,4)(H,5,6);;;5*1H2/q;;;;;;;;2*+3;;;;;/p-6. The zero-order valence-electron chi connectivity index (χ0n) is 33.0. The molecule has 0 spiro atoms. The van der Waals surface area contributed by atoms with Crippen molar-refractivity contribution in [1.29, 1.82) is 0 Å². The Bertz CT molecular complexity index is 1580. The number of aliphatic carboxylic acids is 8. The van der Waals surface area contributed by atoms with Crippen LogP contribution < -0.4 is 73.8 Å². The third kappa shape index (κ3) is 56.8. The first-order chi connectivity index (χ1) is 27.1. The minimum absolute atomic E-state index is 0. The molecule has 65 heavy (non-hydrogen) atoms. The first-order valence-corrected chi connectivity index (χ1v) is 15.1. The second-order valence-electron chi connectivity index (χ2n) is 9.13. The van der Waals surface area contributed by atoms with E-state index in [-0.39, 0.29) is 72.4 Å². The van der Waals surface area contributed by atoms with Crippen molar-refractivity contribution >= 4 is 47.8 Å². The molecule has 0 aliphatic heterocycles. The number of aromatic amines is 2. The number of phenolic OH excluding ortho intramolecular Hbond substituents is 2. The normalized spacial score (nSPS) is 7.57.